The summed E-state index contributed by atoms with van der Waals surface area (Å²) in [5.74, 6) is 2.06. The van der Waals surface area contributed by atoms with Crippen LogP contribution in [0.15, 0.2) is 0 Å². The molecule has 4 saturated carbocycles. The molecule has 0 aliphatic heterocycles. The highest BCUT2D eigenvalue weighted by molar-refractivity contribution is 7.85. The average molecular weight is 514 g/mol. The topological polar surface area (TPSA) is 124 Å². The van der Waals surface area contributed by atoms with Gasteiger partial charge in [0, 0.05) is 13.0 Å². The Balaban J connectivity index is 1.42. The normalized spacial score (nSPS) is 44.5. The molecule has 0 radical (unpaired) electrons. The summed E-state index contributed by atoms with van der Waals surface area (Å²) in [5.41, 5.74) is 0.391. The number of hydrogen-bond donors (Lipinski definition) is 4. The van der Waals surface area contributed by atoms with Crippen LogP contribution in [0.4, 0.5) is 0 Å². The molecule has 0 bridgehead atoms. The third-order valence-corrected chi connectivity index (χ3v) is 11.9. The van der Waals surface area contributed by atoms with Gasteiger partial charge in [-0.25, -0.2) is 0 Å². The minimum Gasteiger partial charge on any atom is -0.393 e. The minimum absolute atomic E-state index is 0.0625. The molecule has 10 atom stereocenters. The van der Waals surface area contributed by atoms with Gasteiger partial charge < -0.3 is 15.5 Å². The molecule has 0 spiro atoms. The van der Waals surface area contributed by atoms with E-state index in [1.807, 2.05) is 0 Å². The number of aliphatic hydroxyl groups is 2. The van der Waals surface area contributed by atoms with Crippen molar-refractivity contribution in [2.75, 3.05) is 12.3 Å². The molecule has 1 amide bonds. The second-order valence-corrected chi connectivity index (χ2v) is 14.5. The van der Waals surface area contributed by atoms with Crippen LogP contribution in [0, 0.1) is 46.3 Å². The van der Waals surface area contributed by atoms with Crippen LogP contribution in [0.3, 0.4) is 0 Å². The summed E-state index contributed by atoms with van der Waals surface area (Å²) in [7, 11) is -4.07. The molecule has 4 rings (SSSR count). The van der Waals surface area contributed by atoms with Crippen molar-refractivity contribution in [3.05, 3.63) is 0 Å². The molecule has 7 nitrogen and oxygen atoms in total. The smallest absolute Gasteiger partial charge is 0.266 e. The maximum absolute atomic E-state index is 12.3. The lowest BCUT2D eigenvalue weighted by atomic mass is 9.40. The quantitative estimate of drug-likeness (QED) is 0.384. The Labute approximate surface area is 211 Å². The Morgan fingerprint density at radius 2 is 1.71 bits per heavy atom. The fourth-order valence-corrected chi connectivity index (χ4v) is 9.70. The van der Waals surface area contributed by atoms with E-state index in [9.17, 15) is 23.4 Å². The lowest BCUT2D eigenvalue weighted by Gasteiger charge is -2.65. The van der Waals surface area contributed by atoms with Gasteiger partial charge in [-0.3, -0.25) is 9.35 Å². The van der Waals surface area contributed by atoms with Gasteiger partial charge >= 0.3 is 0 Å². The zero-order valence-corrected chi connectivity index (χ0v) is 22.6. The molecule has 4 N–H and O–H groups in total. The van der Waals surface area contributed by atoms with Crippen molar-refractivity contribution in [3.63, 3.8) is 0 Å². The molecule has 0 saturated heterocycles. The Morgan fingerprint density at radius 3 is 2.43 bits per heavy atom. The number of carbonyl (C=O) groups excluding carboxylic acids is 1. The van der Waals surface area contributed by atoms with Crippen molar-refractivity contribution in [1.82, 2.24) is 5.32 Å². The van der Waals surface area contributed by atoms with Gasteiger partial charge in [0.05, 0.1) is 18.0 Å². The average Bonchev–Trinajstić information content (AvgIpc) is 2.77. The van der Waals surface area contributed by atoms with Crippen molar-refractivity contribution >= 4 is 16.0 Å². The first-order chi connectivity index (χ1) is 16.3. The molecule has 4 aliphatic rings. The number of aliphatic hydroxyl groups excluding tert-OH is 2. The van der Waals surface area contributed by atoms with Crippen LogP contribution in [0.2, 0.25) is 0 Å². The molecular weight excluding hydrogens is 466 g/mol. The van der Waals surface area contributed by atoms with Crippen LogP contribution in [0.25, 0.3) is 0 Å². The first-order valence-electron chi connectivity index (χ1n) is 13.9. The third-order valence-electron chi connectivity index (χ3n) is 11.2. The second kappa shape index (κ2) is 10.2. The SMILES string of the molecule is CC(CCC(=O)NCCS(=O)(=O)O)[C@H]1CCCC2[C@H]3C(CC[C@@]21C)[C@@]1(C)CCC(O)C[C@H]1C[C@@H]3O. The molecule has 0 aromatic heterocycles. The van der Waals surface area contributed by atoms with E-state index < -0.39 is 15.9 Å². The van der Waals surface area contributed by atoms with E-state index in [-0.39, 0.29) is 35.5 Å². The molecule has 4 aliphatic carbocycles. The van der Waals surface area contributed by atoms with E-state index in [1.54, 1.807) is 0 Å². The number of amides is 1. The van der Waals surface area contributed by atoms with E-state index in [4.69, 9.17) is 4.55 Å². The van der Waals surface area contributed by atoms with Crippen molar-refractivity contribution in [3.8, 4) is 0 Å². The molecule has 0 aromatic rings. The fourth-order valence-electron chi connectivity index (χ4n) is 9.34. The Kier molecular flexibility index (Phi) is 7.98. The van der Waals surface area contributed by atoms with Gasteiger partial charge in [-0.1, -0.05) is 27.2 Å². The summed E-state index contributed by atoms with van der Waals surface area (Å²) in [4.78, 5) is 12.3. The highest BCUT2D eigenvalue weighted by atomic mass is 32.2. The van der Waals surface area contributed by atoms with E-state index in [0.717, 1.165) is 44.9 Å². The molecule has 4 unspecified atom stereocenters. The highest BCUT2D eigenvalue weighted by Gasteiger charge is 2.61. The molecule has 0 heterocycles. The summed E-state index contributed by atoms with van der Waals surface area (Å²) in [6.45, 7) is 7.09. The maximum Gasteiger partial charge on any atom is 0.266 e. The predicted molar refractivity (Wildman–Crippen MR) is 135 cm³/mol. The lowest BCUT2D eigenvalue weighted by Crippen LogP contribution is -2.61. The third kappa shape index (κ3) is 5.46. The molecule has 202 valence electrons. The zero-order chi connectivity index (χ0) is 25.6. The van der Waals surface area contributed by atoms with E-state index in [2.05, 4.69) is 26.1 Å². The molecule has 4 fully saturated rings. The van der Waals surface area contributed by atoms with Gasteiger partial charge in [-0.15, -0.1) is 0 Å². The van der Waals surface area contributed by atoms with Crippen LogP contribution in [0.5, 0.6) is 0 Å². The van der Waals surface area contributed by atoms with Gasteiger partial charge in [0.1, 0.15) is 0 Å². The van der Waals surface area contributed by atoms with E-state index >= 15 is 0 Å². The summed E-state index contributed by atoms with van der Waals surface area (Å²) in [6, 6.07) is 0. The maximum atomic E-state index is 12.3. The van der Waals surface area contributed by atoms with Crippen LogP contribution < -0.4 is 5.32 Å². The van der Waals surface area contributed by atoms with Crippen molar-refractivity contribution in [2.24, 2.45) is 46.3 Å². The first-order valence-corrected chi connectivity index (χ1v) is 15.5. The first kappa shape index (κ1) is 27.3. The molecule has 35 heavy (non-hydrogen) atoms. The van der Waals surface area contributed by atoms with Gasteiger partial charge in [-0.05, 0) is 104 Å². The highest BCUT2D eigenvalue weighted by Crippen LogP contribution is 2.67. The summed E-state index contributed by atoms with van der Waals surface area (Å²) in [6.07, 6.45) is 10.1. The largest absolute Gasteiger partial charge is 0.393 e. The van der Waals surface area contributed by atoms with E-state index in [0.29, 0.717) is 41.9 Å². The lowest BCUT2D eigenvalue weighted by molar-refractivity contribution is -0.195. The predicted octanol–water partition coefficient (Wildman–Crippen LogP) is 3.79. The molecule has 8 heteroatoms. The van der Waals surface area contributed by atoms with Crippen LogP contribution in [-0.4, -0.2) is 53.6 Å². The Hall–Kier alpha value is -0.700. The summed E-state index contributed by atoms with van der Waals surface area (Å²) in [5, 5.41) is 24.3. The molecule has 0 aromatic carbocycles. The molecular formula is C27H47NO6S. The van der Waals surface area contributed by atoms with Gasteiger partial charge in [0.2, 0.25) is 5.91 Å². The van der Waals surface area contributed by atoms with Crippen LogP contribution in [0.1, 0.15) is 91.4 Å². The number of rotatable bonds is 7. The van der Waals surface area contributed by atoms with Crippen LogP contribution >= 0.6 is 0 Å². The monoisotopic (exact) mass is 513 g/mol. The Bertz CT molecular complexity index is 879. The zero-order valence-electron chi connectivity index (χ0n) is 21.8. The van der Waals surface area contributed by atoms with Crippen molar-refractivity contribution in [1.29, 1.82) is 0 Å². The van der Waals surface area contributed by atoms with Gasteiger partial charge in [0.25, 0.3) is 10.1 Å². The van der Waals surface area contributed by atoms with Gasteiger partial charge in [-0.2, -0.15) is 8.42 Å². The standard InChI is InChI=1S/C27H47NO6S/c1-17(7-8-24(31)28-13-14-35(32,33)34)20-5-4-6-21-25-22(10-12-27(20,21)3)26(2)11-9-19(29)15-18(26)16-23(25)30/h17-23,25,29-30H,4-16H2,1-3H3,(H,28,31)(H,32,33,34)/t17?,18-,19?,20+,21?,22?,23-,25-,26-,27+/m0/s1. The minimum atomic E-state index is -4.07. The van der Waals surface area contributed by atoms with Gasteiger partial charge in [0.15, 0.2) is 0 Å². The number of hydrogen-bond acceptors (Lipinski definition) is 5. The summed E-state index contributed by atoms with van der Waals surface area (Å²) >= 11 is 0. The number of fused-ring (bicyclic) bond motifs is 5. The summed E-state index contributed by atoms with van der Waals surface area (Å²) < 4.78 is 30.6. The van der Waals surface area contributed by atoms with E-state index in [1.165, 1.54) is 19.3 Å². The fraction of sp³-hybridized carbons (Fsp3) is 0.963. The second-order valence-electron chi connectivity index (χ2n) is 13.0. The number of nitrogens with one attached hydrogen (secondary N) is 1. The van der Waals surface area contributed by atoms with Crippen molar-refractivity contribution in [2.45, 2.75) is 104 Å². The number of carbonyl (C=O) groups is 1. The Morgan fingerprint density at radius 1 is 1.03 bits per heavy atom. The van der Waals surface area contributed by atoms with Crippen molar-refractivity contribution < 1.29 is 28.0 Å². The van der Waals surface area contributed by atoms with Crippen LogP contribution in [-0.2, 0) is 14.9 Å².